The van der Waals surface area contributed by atoms with Gasteiger partial charge in [0.1, 0.15) is 17.6 Å². The predicted octanol–water partition coefficient (Wildman–Crippen LogP) is 4.73. The number of anilines is 3. The molecular formula is C32H39N5O7. The van der Waals surface area contributed by atoms with Crippen molar-refractivity contribution in [2.75, 3.05) is 56.9 Å². The van der Waals surface area contributed by atoms with Crippen LogP contribution in [0.3, 0.4) is 0 Å². The Balaban J connectivity index is 1.59. The molecular weight excluding hydrogens is 566 g/mol. The number of fused-ring (bicyclic) bond motifs is 1. The molecule has 0 saturated heterocycles. The first-order valence-electron chi connectivity index (χ1n) is 14.2. The van der Waals surface area contributed by atoms with Crippen LogP contribution in [0.1, 0.15) is 24.2 Å². The Hall–Kier alpha value is -4.97. The summed E-state index contributed by atoms with van der Waals surface area (Å²) in [6, 6.07) is 17.4. The summed E-state index contributed by atoms with van der Waals surface area (Å²) in [5, 5.41) is 18.4. The number of aliphatic hydroxyl groups is 1. The van der Waals surface area contributed by atoms with Crippen LogP contribution in [-0.4, -0.2) is 86.0 Å². The molecule has 12 heteroatoms. The summed E-state index contributed by atoms with van der Waals surface area (Å²) in [5.41, 5.74) is 1.65. The number of nitrogens with zero attached hydrogens (tertiary/aromatic N) is 2. The van der Waals surface area contributed by atoms with E-state index in [0.717, 1.165) is 0 Å². The second kappa shape index (κ2) is 14.5. The second-order valence-electron chi connectivity index (χ2n) is 10.7. The summed E-state index contributed by atoms with van der Waals surface area (Å²) in [4.78, 5) is 42.9. The smallest absolute Gasteiger partial charge is 0.323 e. The fourth-order valence-corrected chi connectivity index (χ4v) is 4.76. The standard InChI is InChI=1S/C32H39N5O7/c1-20-17-37(21(2)19-38)30(39)26-7-6-8-27(35-31(40)33-22-9-13-24(42-4)14-10-22)29(26)44-28(20)18-36(3)32(41)34-23-11-15-25(43-5)16-12-23/h6-16,20-21,28,38H,17-19H2,1-5H3,(H,34,41)(H2,33,35,40)/t20-,21+,28+/m0/s1. The van der Waals surface area contributed by atoms with Crippen molar-refractivity contribution in [1.82, 2.24) is 9.80 Å². The number of aliphatic hydroxyl groups excluding tert-OH is 1. The highest BCUT2D eigenvalue weighted by Gasteiger charge is 2.35. The Kier molecular flexibility index (Phi) is 10.5. The lowest BCUT2D eigenvalue weighted by molar-refractivity contribution is 0.0373. The van der Waals surface area contributed by atoms with Crippen LogP contribution in [-0.2, 0) is 0 Å². The van der Waals surface area contributed by atoms with E-state index in [9.17, 15) is 19.5 Å². The Morgan fingerprint density at radius 2 is 1.57 bits per heavy atom. The molecule has 0 fully saturated rings. The lowest BCUT2D eigenvalue weighted by Gasteiger charge is -2.38. The van der Waals surface area contributed by atoms with Gasteiger partial charge in [-0.3, -0.25) is 4.79 Å². The molecule has 3 aromatic rings. The number of ether oxygens (including phenoxy) is 3. The first-order chi connectivity index (χ1) is 21.1. The molecule has 1 heterocycles. The van der Waals surface area contributed by atoms with E-state index in [2.05, 4.69) is 16.0 Å². The Morgan fingerprint density at radius 1 is 0.977 bits per heavy atom. The van der Waals surface area contributed by atoms with Gasteiger partial charge in [-0.2, -0.15) is 0 Å². The molecule has 0 saturated carbocycles. The average Bonchev–Trinajstić information content (AvgIpc) is 3.03. The van der Waals surface area contributed by atoms with E-state index in [4.69, 9.17) is 14.2 Å². The SMILES string of the molecule is COc1ccc(NC(=O)Nc2cccc3c2O[C@H](CN(C)C(=O)Nc2ccc(OC)cc2)[C@@H](C)CN([C@H](C)CO)C3=O)cc1. The molecule has 5 amide bonds. The van der Waals surface area contributed by atoms with Gasteiger partial charge in [0.2, 0.25) is 0 Å². The van der Waals surface area contributed by atoms with Crippen LogP contribution in [0.4, 0.5) is 26.7 Å². The maximum absolute atomic E-state index is 13.7. The molecule has 1 aliphatic rings. The number of hydrogen-bond acceptors (Lipinski definition) is 7. The van der Waals surface area contributed by atoms with Crippen LogP contribution < -0.4 is 30.2 Å². The number of methoxy groups -OCH3 is 2. The highest BCUT2D eigenvalue weighted by Crippen LogP contribution is 2.35. The second-order valence-corrected chi connectivity index (χ2v) is 10.7. The molecule has 0 aromatic heterocycles. The zero-order valence-corrected chi connectivity index (χ0v) is 25.5. The van der Waals surface area contributed by atoms with Crippen LogP contribution >= 0.6 is 0 Å². The van der Waals surface area contributed by atoms with Crippen molar-refractivity contribution in [3.63, 3.8) is 0 Å². The molecule has 0 bridgehead atoms. The van der Waals surface area contributed by atoms with E-state index >= 15 is 0 Å². The molecule has 4 rings (SSSR count). The lowest BCUT2D eigenvalue weighted by Crippen LogP contribution is -2.50. The third-order valence-electron chi connectivity index (χ3n) is 7.43. The normalized spacial score (nSPS) is 16.8. The number of para-hydroxylation sites is 1. The van der Waals surface area contributed by atoms with Crippen molar-refractivity contribution in [3.8, 4) is 17.2 Å². The molecule has 1 aliphatic heterocycles. The number of amides is 5. The Bertz CT molecular complexity index is 1450. The van der Waals surface area contributed by atoms with E-state index in [-0.39, 0.29) is 54.6 Å². The molecule has 3 atom stereocenters. The number of rotatable bonds is 9. The zero-order valence-electron chi connectivity index (χ0n) is 25.5. The fraction of sp³-hybridized carbons (Fsp3) is 0.344. The summed E-state index contributed by atoms with van der Waals surface area (Å²) >= 11 is 0. The van der Waals surface area contributed by atoms with Gasteiger partial charge in [-0.25, -0.2) is 9.59 Å². The number of likely N-dealkylation sites (N-methyl/N-ethyl adjacent to an activating group) is 1. The van der Waals surface area contributed by atoms with Crippen LogP contribution in [0.5, 0.6) is 17.2 Å². The minimum Gasteiger partial charge on any atom is -0.497 e. The van der Waals surface area contributed by atoms with Gasteiger partial charge in [-0.1, -0.05) is 13.0 Å². The molecule has 3 aromatic carbocycles. The zero-order chi connectivity index (χ0) is 31.8. The van der Waals surface area contributed by atoms with Gasteiger partial charge in [-0.05, 0) is 67.6 Å². The van der Waals surface area contributed by atoms with Crippen molar-refractivity contribution in [2.45, 2.75) is 26.0 Å². The van der Waals surface area contributed by atoms with Crippen molar-refractivity contribution >= 4 is 35.0 Å². The van der Waals surface area contributed by atoms with E-state index < -0.39 is 18.2 Å². The minimum absolute atomic E-state index is 0.171. The van der Waals surface area contributed by atoms with Crippen LogP contribution in [0.15, 0.2) is 66.7 Å². The molecule has 0 spiro atoms. The maximum Gasteiger partial charge on any atom is 0.323 e. The Morgan fingerprint density at radius 3 is 2.14 bits per heavy atom. The van der Waals surface area contributed by atoms with Crippen molar-refractivity contribution in [2.24, 2.45) is 5.92 Å². The highest BCUT2D eigenvalue weighted by atomic mass is 16.5. The van der Waals surface area contributed by atoms with Crippen molar-refractivity contribution in [3.05, 3.63) is 72.3 Å². The fourth-order valence-electron chi connectivity index (χ4n) is 4.76. The van der Waals surface area contributed by atoms with E-state index in [0.29, 0.717) is 22.9 Å². The molecule has 0 unspecified atom stereocenters. The van der Waals surface area contributed by atoms with Crippen LogP contribution in [0.25, 0.3) is 0 Å². The number of urea groups is 2. The number of carbonyl (C=O) groups excluding carboxylic acids is 3. The van der Waals surface area contributed by atoms with Gasteiger partial charge in [0, 0.05) is 30.9 Å². The number of nitrogens with one attached hydrogen (secondary N) is 3. The number of benzene rings is 3. The summed E-state index contributed by atoms with van der Waals surface area (Å²) in [5.74, 6) is 0.912. The van der Waals surface area contributed by atoms with Crippen LogP contribution in [0, 0.1) is 5.92 Å². The van der Waals surface area contributed by atoms with Gasteiger partial charge in [-0.15, -0.1) is 0 Å². The quantitative estimate of drug-likeness (QED) is 0.276. The number of hydrogen-bond donors (Lipinski definition) is 4. The summed E-state index contributed by atoms with van der Waals surface area (Å²) in [6.07, 6.45) is -0.575. The van der Waals surface area contributed by atoms with Crippen molar-refractivity contribution in [1.29, 1.82) is 0 Å². The first kappa shape index (κ1) is 32.0. The third kappa shape index (κ3) is 7.70. The maximum atomic E-state index is 13.7. The summed E-state index contributed by atoms with van der Waals surface area (Å²) in [6.45, 7) is 3.91. The monoisotopic (exact) mass is 605 g/mol. The largest absolute Gasteiger partial charge is 0.497 e. The molecule has 44 heavy (non-hydrogen) atoms. The van der Waals surface area contributed by atoms with Gasteiger partial charge in [0.25, 0.3) is 5.91 Å². The van der Waals surface area contributed by atoms with E-state index in [1.165, 1.54) is 4.90 Å². The summed E-state index contributed by atoms with van der Waals surface area (Å²) in [7, 11) is 4.78. The van der Waals surface area contributed by atoms with Gasteiger partial charge in [0.05, 0.1) is 44.7 Å². The summed E-state index contributed by atoms with van der Waals surface area (Å²) < 4.78 is 16.8. The molecule has 4 N–H and O–H groups in total. The van der Waals surface area contributed by atoms with Crippen molar-refractivity contribution < 1.29 is 33.7 Å². The molecule has 12 nitrogen and oxygen atoms in total. The van der Waals surface area contributed by atoms with Gasteiger partial charge < -0.3 is 45.1 Å². The van der Waals surface area contributed by atoms with Gasteiger partial charge >= 0.3 is 12.1 Å². The van der Waals surface area contributed by atoms with E-state index in [1.54, 1.807) is 99.8 Å². The first-order valence-corrected chi connectivity index (χ1v) is 14.2. The van der Waals surface area contributed by atoms with Gasteiger partial charge in [0.15, 0.2) is 5.75 Å². The third-order valence-corrected chi connectivity index (χ3v) is 7.43. The predicted molar refractivity (Wildman–Crippen MR) is 168 cm³/mol. The minimum atomic E-state index is -0.575. The lowest BCUT2D eigenvalue weighted by atomic mass is 9.99. The topological polar surface area (TPSA) is 142 Å². The van der Waals surface area contributed by atoms with E-state index in [1.807, 2.05) is 6.92 Å². The molecule has 0 radical (unpaired) electrons. The van der Waals surface area contributed by atoms with Crippen LogP contribution in [0.2, 0.25) is 0 Å². The molecule has 234 valence electrons. The Labute approximate surface area is 256 Å². The average molecular weight is 606 g/mol. The molecule has 0 aliphatic carbocycles. The highest BCUT2D eigenvalue weighted by molar-refractivity contribution is 6.04. The number of carbonyl (C=O) groups is 3.